The topological polar surface area (TPSA) is 40.5 Å². The van der Waals surface area contributed by atoms with Crippen LogP contribution >= 0.6 is 0 Å². The lowest BCUT2D eigenvalue weighted by Gasteiger charge is -2.30. The Morgan fingerprint density at radius 1 is 1.38 bits per heavy atom. The van der Waals surface area contributed by atoms with E-state index in [2.05, 4.69) is 0 Å². The molecule has 0 amide bonds. The number of carbonyl (C=O) groups is 1. The molecule has 0 spiro atoms. The van der Waals surface area contributed by atoms with Gasteiger partial charge in [0.15, 0.2) is 0 Å². The maximum atomic E-state index is 11.1. The van der Waals surface area contributed by atoms with E-state index in [1.54, 1.807) is 0 Å². The number of nitrogens with zero attached hydrogens (tertiary/aromatic N) is 1. The number of carboxylic acids is 1. The molecule has 1 N–H and O–H groups in total. The van der Waals surface area contributed by atoms with Gasteiger partial charge >= 0.3 is 5.97 Å². The molecule has 88 valence electrons. The van der Waals surface area contributed by atoms with Crippen LogP contribution in [0.5, 0.6) is 0 Å². The Labute approximate surface area is 96.7 Å². The summed E-state index contributed by atoms with van der Waals surface area (Å²) >= 11 is 0. The summed E-state index contributed by atoms with van der Waals surface area (Å²) in [4.78, 5) is 13.0. The first-order chi connectivity index (χ1) is 7.57. The quantitative estimate of drug-likeness (QED) is 0.830. The fourth-order valence-corrected chi connectivity index (χ4v) is 1.87. The fraction of sp³-hybridized carbons (Fsp3) is 0.462. The largest absolute Gasteiger partial charge is 0.480 e. The Kier molecular flexibility index (Phi) is 4.50. The lowest BCUT2D eigenvalue weighted by molar-refractivity contribution is -0.143. The normalized spacial score (nSPS) is 14.8. The highest BCUT2D eigenvalue weighted by atomic mass is 16.4. The maximum Gasteiger partial charge on any atom is 0.320 e. The molecule has 16 heavy (non-hydrogen) atoms. The number of carboxylic acid groups (broad SMARTS) is 1. The number of benzene rings is 1. The molecule has 0 saturated heterocycles. The lowest BCUT2D eigenvalue weighted by Crippen LogP contribution is -2.39. The molecule has 3 heteroatoms. The van der Waals surface area contributed by atoms with E-state index in [-0.39, 0.29) is 6.04 Å². The maximum absolute atomic E-state index is 11.1. The third-order valence-corrected chi connectivity index (χ3v) is 3.06. The summed E-state index contributed by atoms with van der Waals surface area (Å²) in [6.45, 7) is 3.92. The summed E-state index contributed by atoms with van der Waals surface area (Å²) in [5.41, 5.74) is 1.14. The molecule has 2 unspecified atom stereocenters. The average Bonchev–Trinajstić information content (AvgIpc) is 2.29. The molecule has 3 nitrogen and oxygen atoms in total. The third kappa shape index (κ3) is 2.83. The minimum Gasteiger partial charge on any atom is -0.480 e. The van der Waals surface area contributed by atoms with Gasteiger partial charge in [0.2, 0.25) is 0 Å². The Hall–Kier alpha value is -1.35. The molecule has 0 aromatic heterocycles. The molecule has 2 atom stereocenters. The highest BCUT2D eigenvalue weighted by Crippen LogP contribution is 2.21. The molecular formula is C13H19NO2. The number of likely N-dealkylation sites (N-methyl/N-ethyl adjacent to an activating group) is 1. The number of rotatable bonds is 5. The Bertz CT molecular complexity index is 337. The predicted octanol–water partition coefficient (Wildman–Crippen LogP) is 2.54. The van der Waals surface area contributed by atoms with E-state index >= 15 is 0 Å². The molecule has 0 aliphatic carbocycles. The summed E-state index contributed by atoms with van der Waals surface area (Å²) in [6.07, 6.45) is 0.614. The van der Waals surface area contributed by atoms with Crippen LogP contribution in [0, 0.1) is 0 Å². The van der Waals surface area contributed by atoms with Gasteiger partial charge in [-0.15, -0.1) is 0 Å². The second-order valence-corrected chi connectivity index (χ2v) is 4.01. The first-order valence-corrected chi connectivity index (χ1v) is 5.57. The highest BCUT2D eigenvalue weighted by Gasteiger charge is 2.24. The van der Waals surface area contributed by atoms with Crippen LogP contribution < -0.4 is 0 Å². The fourth-order valence-electron chi connectivity index (χ4n) is 1.87. The SMILES string of the molecule is CCC(C(=O)O)N(C)C(C)c1ccccc1. The predicted molar refractivity (Wildman–Crippen MR) is 64.3 cm³/mol. The van der Waals surface area contributed by atoms with E-state index in [0.29, 0.717) is 6.42 Å². The summed E-state index contributed by atoms with van der Waals surface area (Å²) in [5.74, 6) is -0.757. The van der Waals surface area contributed by atoms with Gasteiger partial charge in [-0.1, -0.05) is 37.3 Å². The molecular weight excluding hydrogens is 202 g/mol. The summed E-state index contributed by atoms with van der Waals surface area (Å²) < 4.78 is 0. The van der Waals surface area contributed by atoms with Crippen molar-refractivity contribution >= 4 is 5.97 Å². The summed E-state index contributed by atoms with van der Waals surface area (Å²) in [7, 11) is 1.86. The minimum absolute atomic E-state index is 0.113. The minimum atomic E-state index is -0.757. The van der Waals surface area contributed by atoms with Gasteiger partial charge in [0.1, 0.15) is 6.04 Å². The van der Waals surface area contributed by atoms with E-state index in [9.17, 15) is 4.79 Å². The molecule has 1 aromatic rings. The standard InChI is InChI=1S/C13H19NO2/c1-4-12(13(15)16)14(3)10(2)11-8-6-5-7-9-11/h5-10,12H,4H2,1-3H3,(H,15,16). The number of hydrogen-bond acceptors (Lipinski definition) is 2. The van der Waals surface area contributed by atoms with Crippen molar-refractivity contribution in [1.82, 2.24) is 4.90 Å². The second-order valence-electron chi connectivity index (χ2n) is 4.01. The Morgan fingerprint density at radius 3 is 2.38 bits per heavy atom. The van der Waals surface area contributed by atoms with E-state index in [0.717, 1.165) is 5.56 Å². The number of aliphatic carboxylic acids is 1. The van der Waals surface area contributed by atoms with E-state index < -0.39 is 12.0 Å². The smallest absolute Gasteiger partial charge is 0.320 e. The van der Waals surface area contributed by atoms with Crippen molar-refractivity contribution in [2.45, 2.75) is 32.4 Å². The van der Waals surface area contributed by atoms with Crippen LogP contribution in [-0.2, 0) is 4.79 Å². The van der Waals surface area contributed by atoms with E-state index in [1.807, 2.05) is 56.1 Å². The zero-order valence-electron chi connectivity index (χ0n) is 10.1. The van der Waals surface area contributed by atoms with Gasteiger partial charge in [-0.25, -0.2) is 0 Å². The van der Waals surface area contributed by atoms with Gasteiger partial charge < -0.3 is 5.11 Å². The van der Waals surface area contributed by atoms with Crippen molar-refractivity contribution in [2.75, 3.05) is 7.05 Å². The van der Waals surface area contributed by atoms with Crippen LogP contribution in [-0.4, -0.2) is 29.1 Å². The second kappa shape index (κ2) is 5.66. The zero-order valence-corrected chi connectivity index (χ0v) is 10.1. The molecule has 0 radical (unpaired) electrons. The Balaban J connectivity index is 2.81. The molecule has 1 rings (SSSR count). The highest BCUT2D eigenvalue weighted by molar-refractivity contribution is 5.73. The number of hydrogen-bond donors (Lipinski definition) is 1. The van der Waals surface area contributed by atoms with E-state index in [1.165, 1.54) is 0 Å². The van der Waals surface area contributed by atoms with Gasteiger partial charge in [0.25, 0.3) is 0 Å². The zero-order chi connectivity index (χ0) is 12.1. The van der Waals surface area contributed by atoms with Crippen molar-refractivity contribution in [3.05, 3.63) is 35.9 Å². The van der Waals surface area contributed by atoms with Gasteiger partial charge in [0, 0.05) is 6.04 Å². The van der Waals surface area contributed by atoms with Crippen molar-refractivity contribution in [2.24, 2.45) is 0 Å². The average molecular weight is 221 g/mol. The summed E-state index contributed by atoms with van der Waals surface area (Å²) in [5, 5.41) is 9.10. The molecule has 0 aliphatic heterocycles. The molecule has 0 fully saturated rings. The molecule has 0 aliphatic rings. The first kappa shape index (κ1) is 12.7. The van der Waals surface area contributed by atoms with Crippen LogP contribution in [0.1, 0.15) is 31.9 Å². The van der Waals surface area contributed by atoms with Crippen LogP contribution in [0.2, 0.25) is 0 Å². The van der Waals surface area contributed by atoms with Gasteiger partial charge in [-0.3, -0.25) is 9.69 Å². The summed E-state index contributed by atoms with van der Waals surface area (Å²) in [6, 6.07) is 9.65. The monoisotopic (exact) mass is 221 g/mol. The Morgan fingerprint density at radius 2 is 1.94 bits per heavy atom. The van der Waals surface area contributed by atoms with Crippen molar-refractivity contribution in [3.63, 3.8) is 0 Å². The van der Waals surface area contributed by atoms with Crippen molar-refractivity contribution in [3.8, 4) is 0 Å². The molecule has 0 heterocycles. The van der Waals surface area contributed by atoms with Crippen LogP contribution in [0.15, 0.2) is 30.3 Å². The van der Waals surface area contributed by atoms with Crippen LogP contribution in [0.25, 0.3) is 0 Å². The van der Waals surface area contributed by atoms with Crippen molar-refractivity contribution in [1.29, 1.82) is 0 Å². The third-order valence-electron chi connectivity index (χ3n) is 3.06. The first-order valence-electron chi connectivity index (χ1n) is 5.57. The van der Waals surface area contributed by atoms with Gasteiger partial charge in [-0.05, 0) is 26.0 Å². The van der Waals surface area contributed by atoms with Gasteiger partial charge in [0.05, 0.1) is 0 Å². The van der Waals surface area contributed by atoms with E-state index in [4.69, 9.17) is 5.11 Å². The lowest BCUT2D eigenvalue weighted by atomic mass is 10.0. The molecule has 1 aromatic carbocycles. The van der Waals surface area contributed by atoms with Crippen molar-refractivity contribution < 1.29 is 9.90 Å². The molecule has 0 saturated carbocycles. The van der Waals surface area contributed by atoms with Crippen LogP contribution in [0.4, 0.5) is 0 Å². The van der Waals surface area contributed by atoms with Crippen LogP contribution in [0.3, 0.4) is 0 Å². The van der Waals surface area contributed by atoms with Gasteiger partial charge in [-0.2, -0.15) is 0 Å². The molecule has 0 bridgehead atoms.